The zero-order valence-electron chi connectivity index (χ0n) is 23.5. The number of hydrogen-bond acceptors (Lipinski definition) is 8. The van der Waals surface area contributed by atoms with Crippen molar-refractivity contribution in [1.82, 2.24) is 19.7 Å². The van der Waals surface area contributed by atoms with Crippen molar-refractivity contribution in [3.05, 3.63) is 86.5 Å². The zero-order chi connectivity index (χ0) is 31.8. The Balaban J connectivity index is 0.00000123. The molecule has 0 spiro atoms. The number of nitrogens with zero attached hydrogens (tertiary/aromatic N) is 6. The van der Waals surface area contributed by atoms with Crippen LogP contribution in [0.3, 0.4) is 0 Å². The molecule has 3 saturated heterocycles. The molecule has 0 saturated carbocycles. The molecule has 4 aliphatic rings. The number of H-pyrrole nitrogens is 1. The monoisotopic (exact) mass is 611 g/mol. The highest BCUT2D eigenvalue weighted by Crippen LogP contribution is 2.43. The van der Waals surface area contributed by atoms with Gasteiger partial charge in [0, 0.05) is 43.1 Å². The van der Waals surface area contributed by atoms with Crippen molar-refractivity contribution in [2.75, 3.05) is 44.2 Å². The van der Waals surface area contributed by atoms with Crippen molar-refractivity contribution < 1.29 is 37.5 Å². The number of alkyl halides is 3. The molecule has 44 heavy (non-hydrogen) atoms. The van der Waals surface area contributed by atoms with Gasteiger partial charge in [0.05, 0.1) is 42.4 Å². The molecule has 0 amide bonds. The van der Waals surface area contributed by atoms with Gasteiger partial charge in [-0.1, -0.05) is 12.1 Å². The predicted molar refractivity (Wildman–Crippen MR) is 147 cm³/mol. The Kier molecular flexibility index (Phi) is 8.06. The number of halogens is 3. The first-order valence-electron chi connectivity index (χ1n) is 13.7. The van der Waals surface area contributed by atoms with Crippen LogP contribution in [-0.4, -0.2) is 81.0 Å². The van der Waals surface area contributed by atoms with Gasteiger partial charge in [-0.05, 0) is 42.8 Å². The Morgan fingerprint density at radius 1 is 1.20 bits per heavy atom. The SMILES string of the molecule is CC1=C(C(=O)O)[C@@H](c2ccc(C#N)cc2C[N+]23CCN(CC2)CC3)n2c(n[nH]c2=O)N1c1cccc(C(F)(F)F)c1.O=C[O-]. The average molecular weight is 612 g/mol. The first kappa shape index (κ1) is 30.5. The Morgan fingerprint density at radius 3 is 2.45 bits per heavy atom. The van der Waals surface area contributed by atoms with E-state index < -0.39 is 35.9 Å². The number of carboxylic acids is 1. The van der Waals surface area contributed by atoms with E-state index in [9.17, 15) is 33.1 Å². The summed E-state index contributed by atoms with van der Waals surface area (Å²) >= 11 is 0. The van der Waals surface area contributed by atoms with Gasteiger partial charge in [-0.2, -0.15) is 18.4 Å². The highest BCUT2D eigenvalue weighted by Gasteiger charge is 2.43. The second-order valence-corrected chi connectivity index (χ2v) is 10.9. The molecule has 0 aliphatic carbocycles. The third-order valence-electron chi connectivity index (χ3n) is 8.55. The van der Waals surface area contributed by atoms with E-state index in [1.54, 1.807) is 18.2 Å². The lowest BCUT2D eigenvalue weighted by atomic mass is 9.89. The van der Waals surface area contributed by atoms with E-state index in [2.05, 4.69) is 21.2 Å². The number of aromatic amines is 1. The summed E-state index contributed by atoms with van der Waals surface area (Å²) in [7, 11) is 0. The van der Waals surface area contributed by atoms with E-state index in [1.807, 2.05) is 0 Å². The van der Waals surface area contributed by atoms with Crippen LogP contribution < -0.4 is 15.7 Å². The number of benzene rings is 2. The third kappa shape index (κ3) is 5.45. The van der Waals surface area contributed by atoms with Crippen molar-refractivity contribution in [1.29, 1.82) is 5.26 Å². The average Bonchev–Trinajstić information content (AvgIpc) is 3.37. The molecule has 3 aromatic rings. The number of aromatic nitrogens is 3. The maximum atomic E-state index is 13.6. The topological polar surface area (TPSA) is 158 Å². The zero-order valence-corrected chi connectivity index (χ0v) is 23.5. The number of fused-ring (bicyclic) bond motifs is 4. The normalized spacial score (nSPS) is 22.5. The third-order valence-corrected chi connectivity index (χ3v) is 8.55. The highest BCUT2D eigenvalue weighted by molar-refractivity contribution is 5.92. The van der Waals surface area contributed by atoms with Crippen LogP contribution in [0.1, 0.15) is 35.2 Å². The molecule has 2 bridgehead atoms. The summed E-state index contributed by atoms with van der Waals surface area (Å²) in [5.74, 6) is -1.35. The van der Waals surface area contributed by atoms with E-state index >= 15 is 0 Å². The number of carbonyl (C=O) groups excluding carboxylic acids is 1. The summed E-state index contributed by atoms with van der Waals surface area (Å²) < 4.78 is 42.6. The van der Waals surface area contributed by atoms with Crippen LogP contribution >= 0.6 is 0 Å². The van der Waals surface area contributed by atoms with Crippen LogP contribution in [0.15, 0.2) is 58.5 Å². The Labute approximate surface area is 249 Å². The lowest BCUT2D eigenvalue weighted by Crippen LogP contribution is -2.66. The molecule has 230 valence electrons. The number of rotatable bonds is 5. The van der Waals surface area contributed by atoms with Gasteiger partial charge in [-0.25, -0.2) is 19.3 Å². The van der Waals surface area contributed by atoms with Crippen molar-refractivity contribution >= 4 is 24.1 Å². The van der Waals surface area contributed by atoms with Gasteiger partial charge < -0.3 is 19.5 Å². The number of aliphatic carboxylic acids is 1. The fraction of sp³-hybridized carbons (Fsp3) is 0.345. The van der Waals surface area contributed by atoms with Gasteiger partial charge in [0.25, 0.3) is 0 Å². The Morgan fingerprint density at radius 2 is 1.86 bits per heavy atom. The number of piperazine rings is 3. The molecular weight excluding hydrogens is 583 g/mol. The largest absolute Gasteiger partial charge is 0.554 e. The lowest BCUT2D eigenvalue weighted by Gasteiger charge is -2.51. The number of nitriles is 1. The van der Waals surface area contributed by atoms with Crippen LogP contribution in [-0.2, 0) is 22.3 Å². The van der Waals surface area contributed by atoms with Crippen molar-refractivity contribution in [3.8, 4) is 6.07 Å². The minimum absolute atomic E-state index is 0.0133. The van der Waals surface area contributed by atoms with Crippen molar-refractivity contribution in [2.24, 2.45) is 0 Å². The summed E-state index contributed by atoms with van der Waals surface area (Å²) in [5, 5.41) is 34.9. The molecule has 4 aliphatic heterocycles. The van der Waals surface area contributed by atoms with Gasteiger partial charge >= 0.3 is 17.8 Å². The number of quaternary nitrogens is 1. The molecule has 12 nitrogen and oxygen atoms in total. The van der Waals surface area contributed by atoms with E-state index in [4.69, 9.17) is 9.90 Å². The first-order valence-corrected chi connectivity index (χ1v) is 13.7. The maximum absolute atomic E-state index is 13.6. The van der Waals surface area contributed by atoms with Crippen molar-refractivity contribution in [3.63, 3.8) is 0 Å². The molecule has 7 rings (SSSR count). The van der Waals surface area contributed by atoms with Crippen molar-refractivity contribution in [2.45, 2.75) is 25.7 Å². The fourth-order valence-electron chi connectivity index (χ4n) is 6.39. The molecular formula is C29H28F3N7O5. The van der Waals surface area contributed by atoms with E-state index in [0.29, 0.717) is 17.7 Å². The maximum Gasteiger partial charge on any atom is 0.416 e. The summed E-state index contributed by atoms with van der Waals surface area (Å²) in [6.45, 7) is 7.16. The Bertz CT molecular complexity index is 1720. The van der Waals surface area contributed by atoms with Crippen LogP contribution in [0.5, 0.6) is 0 Å². The van der Waals surface area contributed by atoms with E-state index in [-0.39, 0.29) is 22.9 Å². The number of anilines is 2. The highest BCUT2D eigenvalue weighted by atomic mass is 19.4. The Hall–Kier alpha value is -4.94. The van der Waals surface area contributed by atoms with Crippen LogP contribution in [0.4, 0.5) is 24.8 Å². The number of nitrogens with one attached hydrogen (secondary N) is 1. The number of allylic oxidation sites excluding steroid dienone is 1. The number of hydrogen-bond donors (Lipinski definition) is 2. The quantitative estimate of drug-likeness (QED) is 0.323. The van der Waals surface area contributed by atoms with Gasteiger partial charge in [0.1, 0.15) is 12.6 Å². The summed E-state index contributed by atoms with van der Waals surface area (Å²) in [4.78, 5) is 38.0. The van der Waals surface area contributed by atoms with Crippen LogP contribution in [0, 0.1) is 11.3 Å². The fourth-order valence-corrected chi connectivity index (χ4v) is 6.39. The molecule has 1 aromatic heterocycles. The van der Waals surface area contributed by atoms with Gasteiger partial charge in [0.2, 0.25) is 5.95 Å². The molecule has 1 atom stereocenters. The summed E-state index contributed by atoms with van der Waals surface area (Å²) in [6.07, 6.45) is -4.63. The molecule has 5 heterocycles. The minimum Gasteiger partial charge on any atom is -0.554 e. The van der Waals surface area contributed by atoms with Crippen LogP contribution in [0.2, 0.25) is 0 Å². The van der Waals surface area contributed by atoms with Crippen LogP contribution in [0.25, 0.3) is 0 Å². The number of carboxylic acid groups (broad SMARTS) is 2. The smallest absolute Gasteiger partial charge is 0.416 e. The second-order valence-electron chi connectivity index (χ2n) is 10.9. The standard InChI is InChI=1S/C28H26F3N7O3.CH2O2/c1-17-23(25(39)40)24(22-6-5-18(15-32)13-19(22)16-38-10-7-35(8-11-38)9-12-38)37-26(33-34-27(37)41)36(17)21-4-2-3-20(14-21)28(29,30)31;2-1-3/h2-6,13-14,24H,7-12,16H2,1H3,(H-,34,39,40,41);1H,(H,2,3)/t24-;/m1./s1. The minimum atomic E-state index is -4.63. The van der Waals surface area contributed by atoms with Gasteiger partial charge in [-0.15, -0.1) is 5.10 Å². The molecule has 3 fully saturated rings. The predicted octanol–water partition coefficient (Wildman–Crippen LogP) is 1.57. The molecule has 2 N–H and O–H groups in total. The van der Waals surface area contributed by atoms with Gasteiger partial charge in [0.15, 0.2) is 0 Å². The number of carbonyl (C=O) groups is 2. The molecule has 0 radical (unpaired) electrons. The summed E-state index contributed by atoms with van der Waals surface area (Å²) in [6, 6.07) is 10.5. The molecule has 2 aromatic carbocycles. The molecule has 0 unspecified atom stereocenters. The van der Waals surface area contributed by atoms with Gasteiger partial charge in [-0.3, -0.25) is 9.80 Å². The first-order chi connectivity index (χ1) is 20.9. The molecule has 15 heteroatoms. The summed E-state index contributed by atoms with van der Waals surface area (Å²) in [5.41, 5.74) is 0.0429. The van der Waals surface area contributed by atoms with E-state index in [0.717, 1.165) is 61.4 Å². The second kappa shape index (κ2) is 11.6. The lowest BCUT2D eigenvalue weighted by molar-refractivity contribution is -0.953. The van der Waals surface area contributed by atoms with E-state index in [1.165, 1.54) is 28.5 Å².